The van der Waals surface area contributed by atoms with Crippen LogP contribution in [0.3, 0.4) is 0 Å². The fourth-order valence-corrected chi connectivity index (χ4v) is 2.47. The van der Waals surface area contributed by atoms with Gasteiger partial charge in [-0.1, -0.05) is 29.8 Å². The molecule has 142 valence electrons. The first-order valence-corrected chi connectivity index (χ1v) is 8.49. The third kappa shape index (κ3) is 6.00. The third-order valence-corrected chi connectivity index (χ3v) is 4.00. The molecule has 2 N–H and O–H groups in total. The van der Waals surface area contributed by atoms with Crippen LogP contribution in [0, 0.1) is 0 Å². The number of nitrogens with one attached hydrogen (secondary N) is 2. The molecule has 27 heavy (non-hydrogen) atoms. The quantitative estimate of drug-likeness (QED) is 0.431. The van der Waals surface area contributed by atoms with Crippen LogP contribution in [0.15, 0.2) is 47.6 Å². The molecule has 0 saturated carbocycles. The zero-order valence-electron chi connectivity index (χ0n) is 15.0. The summed E-state index contributed by atoms with van der Waals surface area (Å²) < 4.78 is 10.3. The van der Waals surface area contributed by atoms with Gasteiger partial charge in [0.2, 0.25) is 0 Å². The van der Waals surface area contributed by atoms with E-state index in [1.54, 1.807) is 24.3 Å². The molecule has 2 aromatic rings. The van der Waals surface area contributed by atoms with Crippen LogP contribution in [0.25, 0.3) is 0 Å². The molecule has 0 aromatic heterocycles. The summed E-state index contributed by atoms with van der Waals surface area (Å²) >= 11 is 6.04. The van der Waals surface area contributed by atoms with Gasteiger partial charge in [-0.25, -0.2) is 5.43 Å². The summed E-state index contributed by atoms with van der Waals surface area (Å²) in [5, 5.41) is 6.91. The maximum atomic E-state index is 11.8. The second-order valence-corrected chi connectivity index (χ2v) is 5.82. The van der Waals surface area contributed by atoms with Gasteiger partial charge < -0.3 is 14.8 Å². The molecule has 7 nitrogen and oxygen atoms in total. The highest BCUT2D eigenvalue weighted by molar-refractivity contribution is 6.35. The van der Waals surface area contributed by atoms with Crippen LogP contribution >= 0.6 is 11.6 Å². The van der Waals surface area contributed by atoms with Crippen LogP contribution in [0.5, 0.6) is 11.5 Å². The largest absolute Gasteiger partial charge is 0.493 e. The summed E-state index contributed by atoms with van der Waals surface area (Å²) in [7, 11) is 3.06. The number of hydrogen-bond donors (Lipinski definition) is 2. The number of amides is 2. The molecule has 0 aliphatic carbocycles. The van der Waals surface area contributed by atoms with Gasteiger partial charge in [0.05, 0.1) is 20.4 Å². The zero-order chi connectivity index (χ0) is 19.6. The van der Waals surface area contributed by atoms with Gasteiger partial charge in [0.1, 0.15) is 0 Å². The molecule has 0 radical (unpaired) electrons. The van der Waals surface area contributed by atoms with Crippen LogP contribution in [-0.4, -0.2) is 38.8 Å². The maximum absolute atomic E-state index is 11.8. The number of methoxy groups -OCH3 is 2. The van der Waals surface area contributed by atoms with Gasteiger partial charge in [-0.15, -0.1) is 0 Å². The van der Waals surface area contributed by atoms with Gasteiger partial charge in [-0.05, 0) is 41.8 Å². The van der Waals surface area contributed by atoms with E-state index in [0.717, 1.165) is 5.56 Å². The standard InChI is InChI=1S/C19H20ClN3O4/c1-26-16-8-7-13(11-17(16)27-2)12-22-23-19(25)18(24)21-10-9-14-5-3-4-6-15(14)20/h3-8,11-12H,9-10H2,1-2H3,(H,21,24)(H,23,25)/b22-12+. The number of hydrogen-bond acceptors (Lipinski definition) is 5. The Morgan fingerprint density at radius 2 is 1.81 bits per heavy atom. The molecule has 8 heteroatoms. The molecule has 2 rings (SSSR count). The Hall–Kier alpha value is -3.06. The van der Waals surface area contributed by atoms with Crippen LogP contribution in [0.1, 0.15) is 11.1 Å². The second-order valence-electron chi connectivity index (χ2n) is 5.41. The molecule has 2 aromatic carbocycles. The highest BCUT2D eigenvalue weighted by Gasteiger charge is 2.12. The number of benzene rings is 2. The van der Waals surface area contributed by atoms with E-state index in [9.17, 15) is 9.59 Å². The number of hydrazone groups is 1. The minimum absolute atomic E-state index is 0.287. The fraction of sp³-hybridized carbons (Fsp3) is 0.211. The van der Waals surface area contributed by atoms with Crippen LogP contribution < -0.4 is 20.2 Å². The number of ether oxygens (including phenoxy) is 2. The predicted octanol–water partition coefficient (Wildman–Crippen LogP) is 2.17. The molecular weight excluding hydrogens is 370 g/mol. The lowest BCUT2D eigenvalue weighted by atomic mass is 10.1. The summed E-state index contributed by atoms with van der Waals surface area (Å²) in [6, 6.07) is 12.5. The van der Waals surface area contributed by atoms with Gasteiger partial charge in [0.25, 0.3) is 0 Å². The summed E-state index contributed by atoms with van der Waals surface area (Å²) in [4.78, 5) is 23.5. The van der Waals surface area contributed by atoms with Crippen molar-refractivity contribution >= 4 is 29.6 Å². The number of carbonyl (C=O) groups is 2. The molecule has 0 bridgehead atoms. The van der Waals surface area contributed by atoms with E-state index in [1.165, 1.54) is 20.4 Å². The first kappa shape index (κ1) is 20.3. The van der Waals surface area contributed by atoms with Crippen molar-refractivity contribution in [2.24, 2.45) is 5.10 Å². The van der Waals surface area contributed by atoms with E-state index in [2.05, 4.69) is 15.8 Å². The molecular formula is C19H20ClN3O4. The molecule has 0 saturated heterocycles. The van der Waals surface area contributed by atoms with Gasteiger partial charge in [-0.3, -0.25) is 9.59 Å². The van der Waals surface area contributed by atoms with Crippen molar-refractivity contribution in [2.45, 2.75) is 6.42 Å². The minimum Gasteiger partial charge on any atom is -0.493 e. The summed E-state index contributed by atoms with van der Waals surface area (Å²) in [5.41, 5.74) is 3.75. The minimum atomic E-state index is -0.856. The second kappa shape index (κ2) is 10.2. The van der Waals surface area contributed by atoms with Crippen molar-refractivity contribution < 1.29 is 19.1 Å². The van der Waals surface area contributed by atoms with E-state index in [4.69, 9.17) is 21.1 Å². The number of carbonyl (C=O) groups excluding carboxylic acids is 2. The van der Waals surface area contributed by atoms with Crippen molar-refractivity contribution in [1.29, 1.82) is 0 Å². The number of nitrogens with zero attached hydrogens (tertiary/aromatic N) is 1. The molecule has 0 fully saturated rings. The Balaban J connectivity index is 1.81. The average molecular weight is 390 g/mol. The van der Waals surface area contributed by atoms with Crippen molar-refractivity contribution in [3.8, 4) is 11.5 Å². The monoisotopic (exact) mass is 389 g/mol. The number of halogens is 1. The van der Waals surface area contributed by atoms with Crippen molar-refractivity contribution in [3.63, 3.8) is 0 Å². The Labute approximate surface area is 162 Å². The zero-order valence-corrected chi connectivity index (χ0v) is 15.7. The van der Waals surface area contributed by atoms with E-state index in [-0.39, 0.29) is 6.54 Å². The first-order valence-electron chi connectivity index (χ1n) is 8.11. The Bertz CT molecular complexity index is 839. The first-order chi connectivity index (χ1) is 13.0. The van der Waals surface area contributed by atoms with E-state index in [0.29, 0.717) is 28.5 Å². The molecule has 0 aliphatic heterocycles. The van der Waals surface area contributed by atoms with Crippen LogP contribution in [0.4, 0.5) is 0 Å². The molecule has 0 spiro atoms. The SMILES string of the molecule is COc1ccc(/C=N/NC(=O)C(=O)NCCc2ccccc2Cl)cc1OC. The fourth-order valence-electron chi connectivity index (χ4n) is 2.24. The molecule has 0 unspecified atom stereocenters. The lowest BCUT2D eigenvalue weighted by Crippen LogP contribution is -2.38. The van der Waals surface area contributed by atoms with Crippen molar-refractivity contribution in [1.82, 2.24) is 10.7 Å². The lowest BCUT2D eigenvalue weighted by Gasteiger charge is -2.07. The van der Waals surface area contributed by atoms with E-state index < -0.39 is 11.8 Å². The summed E-state index contributed by atoms with van der Waals surface area (Å²) in [5.74, 6) is -0.515. The van der Waals surface area contributed by atoms with Gasteiger partial charge in [0, 0.05) is 11.6 Å². The summed E-state index contributed by atoms with van der Waals surface area (Å²) in [6.45, 7) is 0.287. The Morgan fingerprint density at radius 3 is 2.52 bits per heavy atom. The van der Waals surface area contributed by atoms with Crippen molar-refractivity contribution in [2.75, 3.05) is 20.8 Å². The maximum Gasteiger partial charge on any atom is 0.329 e. The summed E-state index contributed by atoms with van der Waals surface area (Å²) in [6.07, 6.45) is 1.92. The Kier molecular flexibility index (Phi) is 7.63. The molecule has 0 heterocycles. The van der Waals surface area contributed by atoms with Gasteiger partial charge in [-0.2, -0.15) is 5.10 Å². The molecule has 2 amide bonds. The smallest absolute Gasteiger partial charge is 0.329 e. The van der Waals surface area contributed by atoms with Crippen molar-refractivity contribution in [3.05, 3.63) is 58.6 Å². The van der Waals surface area contributed by atoms with Crippen LogP contribution in [0.2, 0.25) is 5.02 Å². The third-order valence-electron chi connectivity index (χ3n) is 3.63. The lowest BCUT2D eigenvalue weighted by molar-refractivity contribution is -0.139. The molecule has 0 atom stereocenters. The van der Waals surface area contributed by atoms with Crippen LogP contribution in [-0.2, 0) is 16.0 Å². The number of rotatable bonds is 7. The van der Waals surface area contributed by atoms with Gasteiger partial charge in [0.15, 0.2) is 11.5 Å². The average Bonchev–Trinajstić information content (AvgIpc) is 2.69. The predicted molar refractivity (Wildman–Crippen MR) is 103 cm³/mol. The normalized spacial score (nSPS) is 10.5. The molecule has 0 aliphatic rings. The highest BCUT2D eigenvalue weighted by atomic mass is 35.5. The van der Waals surface area contributed by atoms with Gasteiger partial charge >= 0.3 is 11.8 Å². The topological polar surface area (TPSA) is 89.0 Å². The Morgan fingerprint density at radius 1 is 1.07 bits per heavy atom. The van der Waals surface area contributed by atoms with E-state index >= 15 is 0 Å². The highest BCUT2D eigenvalue weighted by Crippen LogP contribution is 2.26. The van der Waals surface area contributed by atoms with E-state index in [1.807, 2.05) is 18.2 Å².